The van der Waals surface area contributed by atoms with Gasteiger partial charge in [0, 0.05) is 19.4 Å². The van der Waals surface area contributed by atoms with Gasteiger partial charge < -0.3 is 5.73 Å². The monoisotopic (exact) mass is 453 g/mol. The van der Waals surface area contributed by atoms with Crippen molar-refractivity contribution in [2.75, 3.05) is 6.54 Å². The Bertz CT molecular complexity index is 1130. The van der Waals surface area contributed by atoms with E-state index in [1.54, 1.807) is 4.90 Å². The molecule has 34 heavy (non-hydrogen) atoms. The summed E-state index contributed by atoms with van der Waals surface area (Å²) in [4.78, 5) is 32.4. The van der Waals surface area contributed by atoms with E-state index < -0.39 is 5.54 Å². The fourth-order valence-corrected chi connectivity index (χ4v) is 4.57. The van der Waals surface area contributed by atoms with Gasteiger partial charge in [-0.15, -0.1) is 0 Å². The number of aliphatic imine (C=N–C) groups is 1. The molecule has 0 saturated heterocycles. The van der Waals surface area contributed by atoms with Gasteiger partial charge in [0.05, 0.1) is 0 Å². The summed E-state index contributed by atoms with van der Waals surface area (Å²) in [6, 6.07) is 27.2. The lowest BCUT2D eigenvalue weighted by atomic mass is 9.83. The highest BCUT2D eigenvalue weighted by molar-refractivity contribution is 6.09. The molecule has 1 amide bonds. The number of Topliss-reactive ketones (excluding diaryl/α,β-unsaturated/α-hetero) is 1. The van der Waals surface area contributed by atoms with Gasteiger partial charge in [0.1, 0.15) is 5.78 Å². The maximum absolute atomic E-state index is 13.7. The summed E-state index contributed by atoms with van der Waals surface area (Å²) < 4.78 is 0. The SMILES string of the molecule is Cc1ccccc1CC(=O)CCCCCN1C(=O)C(c2ccccc2)(c2ccccc2)N=C1N. The third-order valence-corrected chi connectivity index (χ3v) is 6.48. The number of unbranched alkanes of at least 4 members (excludes halogenated alkanes) is 2. The molecule has 1 aliphatic rings. The second-order valence-electron chi connectivity index (χ2n) is 8.82. The second kappa shape index (κ2) is 10.5. The lowest BCUT2D eigenvalue weighted by molar-refractivity contribution is -0.130. The Hall–Kier alpha value is -3.73. The highest BCUT2D eigenvalue weighted by atomic mass is 16.2. The molecule has 0 unspecified atom stereocenters. The van der Waals surface area contributed by atoms with Crippen LogP contribution in [0.1, 0.15) is 47.9 Å². The van der Waals surface area contributed by atoms with Crippen LogP contribution in [0.4, 0.5) is 0 Å². The van der Waals surface area contributed by atoms with Crippen LogP contribution in [0, 0.1) is 6.92 Å². The third-order valence-electron chi connectivity index (χ3n) is 6.48. The van der Waals surface area contributed by atoms with Crippen LogP contribution in [-0.2, 0) is 21.5 Å². The number of rotatable bonds is 10. The van der Waals surface area contributed by atoms with Crippen molar-refractivity contribution < 1.29 is 9.59 Å². The predicted octanol–water partition coefficient (Wildman–Crippen LogP) is 4.77. The van der Waals surface area contributed by atoms with Crippen LogP contribution >= 0.6 is 0 Å². The zero-order chi connectivity index (χ0) is 24.0. The van der Waals surface area contributed by atoms with E-state index in [0.717, 1.165) is 41.5 Å². The van der Waals surface area contributed by atoms with Gasteiger partial charge in [0.25, 0.3) is 5.91 Å². The minimum atomic E-state index is -1.16. The molecule has 0 aliphatic carbocycles. The van der Waals surface area contributed by atoms with Gasteiger partial charge >= 0.3 is 0 Å². The van der Waals surface area contributed by atoms with Gasteiger partial charge in [-0.3, -0.25) is 14.5 Å². The average Bonchev–Trinajstić information content (AvgIpc) is 3.12. The van der Waals surface area contributed by atoms with E-state index in [2.05, 4.69) is 0 Å². The maximum Gasteiger partial charge on any atom is 0.266 e. The fourth-order valence-electron chi connectivity index (χ4n) is 4.57. The van der Waals surface area contributed by atoms with Crippen molar-refractivity contribution in [3.63, 3.8) is 0 Å². The highest BCUT2D eigenvalue weighted by Crippen LogP contribution is 2.39. The molecule has 0 aromatic heterocycles. The standard InChI is InChI=1S/C29H31N3O2/c1-22-13-10-11-14-23(22)21-26(33)19-9-4-12-20-32-27(34)29(31-28(32)30,24-15-5-2-6-16-24)25-17-7-3-8-18-25/h2-3,5-8,10-11,13-18H,4,9,12,19-21H2,1H3,(H2,30,31). The van der Waals surface area contributed by atoms with Crippen molar-refractivity contribution in [2.45, 2.75) is 44.6 Å². The van der Waals surface area contributed by atoms with Crippen molar-refractivity contribution >= 4 is 17.6 Å². The summed E-state index contributed by atoms with van der Waals surface area (Å²) in [7, 11) is 0. The van der Waals surface area contributed by atoms with Crippen LogP contribution in [0.2, 0.25) is 0 Å². The lowest BCUT2D eigenvalue weighted by Crippen LogP contribution is -2.44. The molecule has 1 aliphatic heterocycles. The average molecular weight is 454 g/mol. The Morgan fingerprint density at radius 3 is 2.06 bits per heavy atom. The number of ketones is 1. The van der Waals surface area contributed by atoms with Gasteiger partial charge in [0.15, 0.2) is 11.5 Å². The zero-order valence-corrected chi connectivity index (χ0v) is 19.6. The van der Waals surface area contributed by atoms with Crippen LogP contribution in [-0.4, -0.2) is 29.1 Å². The number of benzene rings is 3. The van der Waals surface area contributed by atoms with Crippen LogP contribution in [0.15, 0.2) is 89.9 Å². The number of nitrogens with two attached hydrogens (primary N) is 1. The van der Waals surface area contributed by atoms with Crippen molar-refractivity contribution in [1.82, 2.24) is 4.90 Å². The summed E-state index contributed by atoms with van der Waals surface area (Å²) >= 11 is 0. The molecule has 3 aromatic carbocycles. The molecule has 0 spiro atoms. The molecular formula is C29H31N3O2. The molecule has 5 heteroatoms. The molecule has 174 valence electrons. The fraction of sp³-hybridized carbons (Fsp3) is 0.276. The quantitative estimate of drug-likeness (QED) is 0.450. The largest absolute Gasteiger partial charge is 0.369 e. The minimum absolute atomic E-state index is 0.127. The van der Waals surface area contributed by atoms with Crippen LogP contribution in [0.5, 0.6) is 0 Å². The van der Waals surface area contributed by atoms with Crippen molar-refractivity contribution in [3.05, 3.63) is 107 Å². The Labute approximate surface area is 201 Å². The van der Waals surface area contributed by atoms with Gasteiger partial charge in [-0.2, -0.15) is 0 Å². The number of amides is 1. The minimum Gasteiger partial charge on any atom is -0.369 e. The third kappa shape index (κ3) is 4.79. The number of carbonyl (C=O) groups is 2. The summed E-state index contributed by atoms with van der Waals surface area (Å²) in [5.74, 6) is 0.367. The molecular weight excluding hydrogens is 422 g/mol. The van der Waals surface area contributed by atoms with E-state index in [4.69, 9.17) is 10.7 Å². The maximum atomic E-state index is 13.7. The molecule has 1 heterocycles. The predicted molar refractivity (Wildman–Crippen MR) is 135 cm³/mol. The normalized spacial score (nSPS) is 14.8. The number of hydrogen-bond acceptors (Lipinski definition) is 4. The number of nitrogens with zero attached hydrogens (tertiary/aromatic N) is 2. The molecule has 0 saturated carbocycles. The number of carbonyl (C=O) groups excluding carboxylic acids is 2. The molecule has 5 nitrogen and oxygen atoms in total. The molecule has 2 N–H and O–H groups in total. The first-order valence-electron chi connectivity index (χ1n) is 11.9. The molecule has 4 rings (SSSR count). The van der Waals surface area contributed by atoms with Crippen molar-refractivity contribution in [2.24, 2.45) is 10.7 Å². The molecule has 0 atom stereocenters. The van der Waals surface area contributed by atoms with Crippen LogP contribution in [0.25, 0.3) is 0 Å². The van der Waals surface area contributed by atoms with Crippen molar-refractivity contribution in [3.8, 4) is 0 Å². The zero-order valence-electron chi connectivity index (χ0n) is 19.6. The molecule has 0 bridgehead atoms. The first-order chi connectivity index (χ1) is 16.5. The summed E-state index contributed by atoms with van der Waals surface area (Å²) in [6.07, 6.45) is 3.43. The van der Waals surface area contributed by atoms with Gasteiger partial charge in [-0.1, -0.05) is 91.3 Å². The Balaban J connectivity index is 1.37. The number of guanidine groups is 1. The Kier molecular flexibility index (Phi) is 7.21. The topological polar surface area (TPSA) is 75.8 Å². The smallest absolute Gasteiger partial charge is 0.266 e. The van der Waals surface area contributed by atoms with Gasteiger partial charge in [-0.25, -0.2) is 4.99 Å². The Morgan fingerprint density at radius 2 is 1.44 bits per heavy atom. The first kappa shape index (κ1) is 23.4. The van der Waals surface area contributed by atoms with E-state index >= 15 is 0 Å². The Morgan fingerprint density at radius 1 is 0.853 bits per heavy atom. The van der Waals surface area contributed by atoms with Gasteiger partial charge in [-0.05, 0) is 42.0 Å². The summed E-state index contributed by atoms with van der Waals surface area (Å²) in [6.45, 7) is 2.52. The number of aryl methyl sites for hydroxylation is 1. The van der Waals surface area contributed by atoms with E-state index in [1.165, 1.54) is 0 Å². The van der Waals surface area contributed by atoms with Gasteiger partial charge in [0.2, 0.25) is 0 Å². The summed E-state index contributed by atoms with van der Waals surface area (Å²) in [5.41, 5.74) is 8.98. The van der Waals surface area contributed by atoms with E-state index in [0.29, 0.717) is 19.4 Å². The van der Waals surface area contributed by atoms with E-state index in [9.17, 15) is 9.59 Å². The molecule has 0 fully saturated rings. The first-order valence-corrected chi connectivity index (χ1v) is 11.9. The van der Waals surface area contributed by atoms with E-state index in [-0.39, 0.29) is 17.6 Å². The highest BCUT2D eigenvalue weighted by Gasteiger charge is 2.50. The van der Waals surface area contributed by atoms with E-state index in [1.807, 2.05) is 91.9 Å². The van der Waals surface area contributed by atoms with Crippen LogP contribution < -0.4 is 5.73 Å². The summed E-state index contributed by atoms with van der Waals surface area (Å²) in [5, 5.41) is 0. The lowest BCUT2D eigenvalue weighted by Gasteiger charge is -2.27. The molecule has 3 aromatic rings. The van der Waals surface area contributed by atoms with Crippen molar-refractivity contribution in [1.29, 1.82) is 0 Å². The number of hydrogen-bond donors (Lipinski definition) is 1. The van der Waals surface area contributed by atoms with Crippen LogP contribution in [0.3, 0.4) is 0 Å². The second-order valence-corrected chi connectivity index (χ2v) is 8.82. The molecule has 0 radical (unpaired) electrons.